The maximum atomic E-state index is 12.3. The Balaban J connectivity index is 1.90. The highest BCUT2D eigenvalue weighted by molar-refractivity contribution is 5.94. The SMILES string of the molecule is CCN(CC)C(=O)COc1cccc(NC(=O)C(C)Oc2ccccc2)c1. The topological polar surface area (TPSA) is 67.9 Å². The fourth-order valence-corrected chi connectivity index (χ4v) is 2.48. The molecule has 144 valence electrons. The van der Waals surface area contributed by atoms with Gasteiger partial charge in [0.15, 0.2) is 12.7 Å². The van der Waals surface area contributed by atoms with Gasteiger partial charge in [0.05, 0.1) is 0 Å². The highest BCUT2D eigenvalue weighted by Crippen LogP contribution is 2.18. The van der Waals surface area contributed by atoms with Crippen LogP contribution < -0.4 is 14.8 Å². The Labute approximate surface area is 160 Å². The number of carbonyl (C=O) groups excluding carboxylic acids is 2. The summed E-state index contributed by atoms with van der Waals surface area (Å²) in [5.74, 6) is 0.812. The minimum Gasteiger partial charge on any atom is -0.484 e. The van der Waals surface area contributed by atoms with Crippen LogP contribution in [-0.4, -0.2) is 42.5 Å². The third-order valence-electron chi connectivity index (χ3n) is 4.01. The summed E-state index contributed by atoms with van der Waals surface area (Å²) in [5, 5.41) is 2.80. The maximum Gasteiger partial charge on any atom is 0.265 e. The first-order valence-electron chi connectivity index (χ1n) is 9.06. The number of amides is 2. The summed E-state index contributed by atoms with van der Waals surface area (Å²) in [6, 6.07) is 16.1. The predicted octanol–water partition coefficient (Wildman–Crippen LogP) is 3.34. The minimum absolute atomic E-state index is 0.0351. The molecular weight excluding hydrogens is 344 g/mol. The number of para-hydroxylation sites is 1. The molecule has 2 rings (SSSR count). The van der Waals surface area contributed by atoms with Gasteiger partial charge < -0.3 is 19.7 Å². The molecule has 0 aliphatic carbocycles. The summed E-state index contributed by atoms with van der Waals surface area (Å²) < 4.78 is 11.2. The molecule has 1 atom stereocenters. The molecule has 1 N–H and O–H groups in total. The Bertz CT molecular complexity index is 745. The molecule has 0 fully saturated rings. The standard InChI is InChI=1S/C21H26N2O4/c1-4-23(5-2)20(24)15-26-19-13-9-10-17(14-19)22-21(25)16(3)27-18-11-7-6-8-12-18/h6-14,16H,4-5,15H2,1-3H3,(H,22,25). The number of benzene rings is 2. The quantitative estimate of drug-likeness (QED) is 0.735. The van der Waals surface area contributed by atoms with E-state index in [1.165, 1.54) is 0 Å². The molecule has 2 amide bonds. The summed E-state index contributed by atoms with van der Waals surface area (Å²) in [7, 11) is 0. The van der Waals surface area contributed by atoms with E-state index in [9.17, 15) is 9.59 Å². The molecule has 0 saturated carbocycles. The molecule has 6 heteroatoms. The molecule has 0 spiro atoms. The first-order chi connectivity index (χ1) is 13.0. The number of hydrogen-bond donors (Lipinski definition) is 1. The van der Waals surface area contributed by atoms with Gasteiger partial charge in [-0.3, -0.25) is 9.59 Å². The number of carbonyl (C=O) groups is 2. The van der Waals surface area contributed by atoms with Gasteiger partial charge in [0.25, 0.3) is 11.8 Å². The van der Waals surface area contributed by atoms with Gasteiger partial charge in [-0.2, -0.15) is 0 Å². The van der Waals surface area contributed by atoms with Crippen molar-refractivity contribution in [2.45, 2.75) is 26.9 Å². The van der Waals surface area contributed by atoms with Crippen molar-refractivity contribution in [2.75, 3.05) is 25.0 Å². The smallest absolute Gasteiger partial charge is 0.265 e. The minimum atomic E-state index is -0.652. The third-order valence-corrected chi connectivity index (χ3v) is 4.01. The van der Waals surface area contributed by atoms with Crippen LogP contribution in [0.1, 0.15) is 20.8 Å². The second-order valence-corrected chi connectivity index (χ2v) is 5.94. The van der Waals surface area contributed by atoms with Crippen LogP contribution in [0.15, 0.2) is 54.6 Å². The fourth-order valence-electron chi connectivity index (χ4n) is 2.48. The Morgan fingerprint density at radius 1 is 1.00 bits per heavy atom. The predicted molar refractivity (Wildman–Crippen MR) is 105 cm³/mol. The molecule has 0 heterocycles. The number of anilines is 1. The number of ether oxygens (including phenoxy) is 2. The van der Waals surface area contributed by atoms with Crippen LogP contribution in [0.5, 0.6) is 11.5 Å². The molecule has 6 nitrogen and oxygen atoms in total. The van der Waals surface area contributed by atoms with Gasteiger partial charge in [0.1, 0.15) is 11.5 Å². The summed E-state index contributed by atoms with van der Waals surface area (Å²) >= 11 is 0. The highest BCUT2D eigenvalue weighted by atomic mass is 16.5. The molecule has 0 radical (unpaired) electrons. The van der Waals surface area contributed by atoms with Crippen molar-refractivity contribution in [2.24, 2.45) is 0 Å². The van der Waals surface area contributed by atoms with Crippen molar-refractivity contribution in [1.82, 2.24) is 4.90 Å². The third kappa shape index (κ3) is 6.33. The first-order valence-corrected chi connectivity index (χ1v) is 9.06. The van der Waals surface area contributed by atoms with Gasteiger partial charge in [-0.25, -0.2) is 0 Å². The summed E-state index contributed by atoms with van der Waals surface area (Å²) in [5.41, 5.74) is 0.580. The van der Waals surface area contributed by atoms with E-state index in [-0.39, 0.29) is 18.4 Å². The highest BCUT2D eigenvalue weighted by Gasteiger charge is 2.15. The number of nitrogens with one attached hydrogen (secondary N) is 1. The zero-order valence-electron chi connectivity index (χ0n) is 16.0. The molecule has 0 aromatic heterocycles. The summed E-state index contributed by atoms with van der Waals surface area (Å²) in [6.45, 7) is 6.80. The number of hydrogen-bond acceptors (Lipinski definition) is 4. The number of rotatable bonds is 9. The molecule has 2 aromatic rings. The lowest BCUT2D eigenvalue weighted by atomic mass is 10.2. The zero-order chi connectivity index (χ0) is 19.6. The maximum absolute atomic E-state index is 12.3. The van der Waals surface area contributed by atoms with Crippen LogP contribution in [0.3, 0.4) is 0 Å². The fraction of sp³-hybridized carbons (Fsp3) is 0.333. The Morgan fingerprint density at radius 2 is 1.67 bits per heavy atom. The van der Waals surface area contributed by atoms with Gasteiger partial charge in [0, 0.05) is 24.8 Å². The van der Waals surface area contributed by atoms with Gasteiger partial charge in [-0.05, 0) is 45.0 Å². The molecule has 1 unspecified atom stereocenters. The number of likely N-dealkylation sites (N-methyl/N-ethyl adjacent to an activating group) is 1. The van der Waals surface area contributed by atoms with E-state index in [0.29, 0.717) is 30.3 Å². The van der Waals surface area contributed by atoms with E-state index in [2.05, 4.69) is 5.32 Å². The van der Waals surface area contributed by atoms with E-state index < -0.39 is 6.10 Å². The van der Waals surface area contributed by atoms with Crippen LogP contribution >= 0.6 is 0 Å². The van der Waals surface area contributed by atoms with Crippen LogP contribution in [0, 0.1) is 0 Å². The largest absolute Gasteiger partial charge is 0.484 e. The lowest BCUT2D eigenvalue weighted by Gasteiger charge is -2.19. The lowest BCUT2D eigenvalue weighted by Crippen LogP contribution is -2.34. The van der Waals surface area contributed by atoms with Gasteiger partial charge >= 0.3 is 0 Å². The molecule has 0 bridgehead atoms. The first kappa shape index (κ1) is 20.3. The second-order valence-electron chi connectivity index (χ2n) is 5.94. The second kappa shape index (κ2) is 10.2. The molecular formula is C21H26N2O4. The van der Waals surface area contributed by atoms with E-state index in [4.69, 9.17) is 9.47 Å². The van der Waals surface area contributed by atoms with E-state index in [1.807, 2.05) is 32.0 Å². The Morgan fingerprint density at radius 3 is 2.33 bits per heavy atom. The lowest BCUT2D eigenvalue weighted by molar-refractivity contribution is -0.133. The van der Waals surface area contributed by atoms with Crippen LogP contribution in [-0.2, 0) is 9.59 Å². The van der Waals surface area contributed by atoms with Crippen molar-refractivity contribution < 1.29 is 19.1 Å². The van der Waals surface area contributed by atoms with Crippen molar-refractivity contribution >= 4 is 17.5 Å². The van der Waals surface area contributed by atoms with Crippen molar-refractivity contribution in [1.29, 1.82) is 0 Å². The Hall–Kier alpha value is -3.02. The van der Waals surface area contributed by atoms with E-state index in [1.54, 1.807) is 48.2 Å². The summed E-state index contributed by atoms with van der Waals surface area (Å²) in [6.07, 6.45) is -0.652. The van der Waals surface area contributed by atoms with Crippen molar-refractivity contribution in [3.8, 4) is 11.5 Å². The van der Waals surface area contributed by atoms with Crippen LogP contribution in [0.4, 0.5) is 5.69 Å². The number of nitrogens with zero attached hydrogens (tertiary/aromatic N) is 1. The van der Waals surface area contributed by atoms with Gasteiger partial charge in [-0.15, -0.1) is 0 Å². The monoisotopic (exact) mass is 370 g/mol. The van der Waals surface area contributed by atoms with Crippen LogP contribution in [0.2, 0.25) is 0 Å². The normalized spacial score (nSPS) is 11.4. The molecule has 2 aromatic carbocycles. The average Bonchev–Trinajstić information content (AvgIpc) is 2.68. The van der Waals surface area contributed by atoms with Gasteiger partial charge in [0.2, 0.25) is 0 Å². The van der Waals surface area contributed by atoms with Crippen LogP contribution in [0.25, 0.3) is 0 Å². The molecule has 0 saturated heterocycles. The van der Waals surface area contributed by atoms with Crippen molar-refractivity contribution in [3.05, 3.63) is 54.6 Å². The summed E-state index contributed by atoms with van der Waals surface area (Å²) in [4.78, 5) is 26.0. The zero-order valence-corrected chi connectivity index (χ0v) is 16.0. The van der Waals surface area contributed by atoms with Crippen molar-refractivity contribution in [3.63, 3.8) is 0 Å². The van der Waals surface area contributed by atoms with Gasteiger partial charge in [-0.1, -0.05) is 24.3 Å². The molecule has 27 heavy (non-hydrogen) atoms. The molecule has 0 aliphatic heterocycles. The Kier molecular flexibility index (Phi) is 7.67. The average molecular weight is 370 g/mol. The van der Waals surface area contributed by atoms with E-state index >= 15 is 0 Å². The van der Waals surface area contributed by atoms with E-state index in [0.717, 1.165) is 0 Å². The molecule has 0 aliphatic rings.